The molecule has 3 N–H and O–H groups in total. The summed E-state index contributed by atoms with van der Waals surface area (Å²) in [5.41, 5.74) is 6.87. The molecule has 1 saturated heterocycles. The molecule has 110 valence electrons. The summed E-state index contributed by atoms with van der Waals surface area (Å²) in [6.07, 6.45) is 0. The Morgan fingerprint density at radius 2 is 2.25 bits per heavy atom. The number of halogens is 1. The molecule has 1 aromatic carbocycles. The van der Waals surface area contributed by atoms with Gasteiger partial charge < -0.3 is 15.8 Å². The van der Waals surface area contributed by atoms with Gasteiger partial charge in [0.25, 0.3) is 0 Å². The molecular weight excluding hydrogens is 302 g/mol. The lowest BCUT2D eigenvalue weighted by Gasteiger charge is -2.36. The molecule has 1 heterocycles. The predicted molar refractivity (Wildman–Crippen MR) is 79.4 cm³/mol. The van der Waals surface area contributed by atoms with Crippen LogP contribution in [0.25, 0.3) is 0 Å². The molecule has 0 aromatic heterocycles. The maximum atomic E-state index is 11.6. The Labute approximate surface area is 122 Å². The molecule has 0 amide bonds. The second kappa shape index (κ2) is 5.49. The number of hydrogen-bond donors (Lipinski definition) is 2. The number of oxime groups is 1. The van der Waals surface area contributed by atoms with Gasteiger partial charge in [-0.25, -0.2) is 8.42 Å². The Hall–Kier alpha value is -1.47. The van der Waals surface area contributed by atoms with Crippen molar-refractivity contribution in [3.63, 3.8) is 0 Å². The number of anilines is 1. The Bertz CT molecular complexity index is 645. The second-order valence-corrected chi connectivity index (χ2v) is 7.47. The van der Waals surface area contributed by atoms with Crippen LogP contribution in [-0.4, -0.2) is 43.6 Å². The van der Waals surface area contributed by atoms with Crippen LogP contribution in [0, 0.1) is 0 Å². The summed E-state index contributed by atoms with van der Waals surface area (Å²) >= 11 is 6.00. The van der Waals surface area contributed by atoms with Crippen molar-refractivity contribution < 1.29 is 13.6 Å². The van der Waals surface area contributed by atoms with Crippen LogP contribution in [0.15, 0.2) is 23.4 Å². The van der Waals surface area contributed by atoms with E-state index >= 15 is 0 Å². The minimum Gasteiger partial charge on any atom is -0.409 e. The maximum Gasteiger partial charge on any atom is 0.172 e. The van der Waals surface area contributed by atoms with E-state index in [1.165, 1.54) is 0 Å². The van der Waals surface area contributed by atoms with Crippen LogP contribution in [0.1, 0.15) is 12.5 Å². The second-order valence-electron chi connectivity index (χ2n) is 4.80. The zero-order valence-electron chi connectivity index (χ0n) is 11.0. The number of nitrogens with zero attached hydrogens (tertiary/aromatic N) is 2. The van der Waals surface area contributed by atoms with Crippen molar-refractivity contribution in [2.45, 2.75) is 13.0 Å². The molecule has 0 bridgehead atoms. The van der Waals surface area contributed by atoms with Crippen LogP contribution in [0.5, 0.6) is 0 Å². The molecule has 1 unspecified atom stereocenters. The molecule has 0 radical (unpaired) electrons. The van der Waals surface area contributed by atoms with Gasteiger partial charge >= 0.3 is 0 Å². The van der Waals surface area contributed by atoms with Crippen molar-refractivity contribution >= 4 is 33.0 Å². The monoisotopic (exact) mass is 317 g/mol. The van der Waals surface area contributed by atoms with E-state index in [0.717, 1.165) is 0 Å². The smallest absolute Gasteiger partial charge is 0.172 e. The third-order valence-electron chi connectivity index (χ3n) is 3.32. The molecule has 0 aliphatic carbocycles. The summed E-state index contributed by atoms with van der Waals surface area (Å²) in [5, 5.41) is 12.4. The zero-order valence-corrected chi connectivity index (χ0v) is 12.5. The predicted octanol–water partition coefficient (Wildman–Crippen LogP) is 1.06. The zero-order chi connectivity index (χ0) is 14.9. The summed E-state index contributed by atoms with van der Waals surface area (Å²) in [4.78, 5) is 1.92. The van der Waals surface area contributed by atoms with E-state index in [1.54, 1.807) is 18.2 Å². The number of nitrogens with two attached hydrogens (primary N) is 1. The lowest BCUT2D eigenvalue weighted by Crippen LogP contribution is -2.47. The van der Waals surface area contributed by atoms with Crippen molar-refractivity contribution in [2.75, 3.05) is 23.0 Å². The number of benzene rings is 1. The standard InChI is InChI=1S/C12H16ClN3O3S/c1-8-7-20(18,19)5-4-16(8)11-6-9(13)2-3-10(11)12(14)15-17/h2-3,6,8,17H,4-5,7H2,1H3,(H2,14,15). The molecular formula is C12H16ClN3O3S. The van der Waals surface area contributed by atoms with Crippen LogP contribution in [0.4, 0.5) is 5.69 Å². The molecule has 1 aliphatic rings. The lowest BCUT2D eigenvalue weighted by molar-refractivity contribution is 0.318. The highest BCUT2D eigenvalue weighted by Gasteiger charge is 2.30. The molecule has 1 fully saturated rings. The Kier molecular flexibility index (Phi) is 4.10. The van der Waals surface area contributed by atoms with Crippen LogP contribution < -0.4 is 10.6 Å². The van der Waals surface area contributed by atoms with Crippen molar-refractivity contribution in [3.05, 3.63) is 28.8 Å². The Morgan fingerprint density at radius 3 is 2.85 bits per heavy atom. The minimum atomic E-state index is -3.01. The van der Waals surface area contributed by atoms with Gasteiger partial charge in [-0.3, -0.25) is 0 Å². The van der Waals surface area contributed by atoms with Gasteiger partial charge in [0.05, 0.1) is 11.5 Å². The summed E-state index contributed by atoms with van der Waals surface area (Å²) in [6, 6.07) is 4.80. The summed E-state index contributed by atoms with van der Waals surface area (Å²) in [6.45, 7) is 2.18. The molecule has 1 atom stereocenters. The van der Waals surface area contributed by atoms with Gasteiger partial charge in [0, 0.05) is 28.9 Å². The molecule has 1 aromatic rings. The average Bonchev–Trinajstić information content (AvgIpc) is 2.36. The quantitative estimate of drug-likeness (QED) is 0.368. The Balaban J connectivity index is 2.44. The number of rotatable bonds is 2. The number of amidine groups is 1. The van der Waals surface area contributed by atoms with Gasteiger partial charge in [0.15, 0.2) is 15.7 Å². The summed E-state index contributed by atoms with van der Waals surface area (Å²) < 4.78 is 23.3. The van der Waals surface area contributed by atoms with E-state index in [2.05, 4.69) is 5.16 Å². The van der Waals surface area contributed by atoms with E-state index < -0.39 is 9.84 Å². The van der Waals surface area contributed by atoms with Gasteiger partial charge in [-0.05, 0) is 25.1 Å². The van der Waals surface area contributed by atoms with Crippen LogP contribution in [0.3, 0.4) is 0 Å². The third kappa shape index (κ3) is 2.99. The van der Waals surface area contributed by atoms with Crippen molar-refractivity contribution in [2.24, 2.45) is 10.9 Å². The largest absolute Gasteiger partial charge is 0.409 e. The highest BCUT2D eigenvalue weighted by Crippen LogP contribution is 2.28. The first-order chi connectivity index (χ1) is 9.34. The molecule has 1 aliphatic heterocycles. The van der Waals surface area contributed by atoms with E-state index in [9.17, 15) is 8.42 Å². The fourth-order valence-corrected chi connectivity index (χ4v) is 4.09. The van der Waals surface area contributed by atoms with Crippen molar-refractivity contribution in [1.82, 2.24) is 0 Å². The van der Waals surface area contributed by atoms with Gasteiger partial charge in [0.1, 0.15) is 0 Å². The van der Waals surface area contributed by atoms with Gasteiger partial charge in [-0.1, -0.05) is 16.8 Å². The first-order valence-corrected chi connectivity index (χ1v) is 8.28. The van der Waals surface area contributed by atoms with Crippen LogP contribution in [-0.2, 0) is 9.84 Å². The molecule has 6 nitrogen and oxygen atoms in total. The first kappa shape index (κ1) is 14.9. The van der Waals surface area contributed by atoms with Crippen molar-refractivity contribution in [1.29, 1.82) is 0 Å². The third-order valence-corrected chi connectivity index (χ3v) is 5.35. The number of hydrogen-bond acceptors (Lipinski definition) is 5. The highest BCUT2D eigenvalue weighted by molar-refractivity contribution is 7.91. The fraction of sp³-hybridized carbons (Fsp3) is 0.417. The van der Waals surface area contributed by atoms with Crippen molar-refractivity contribution in [3.8, 4) is 0 Å². The molecule has 2 rings (SSSR count). The first-order valence-electron chi connectivity index (χ1n) is 6.08. The van der Waals surface area contributed by atoms with Crippen LogP contribution >= 0.6 is 11.6 Å². The van der Waals surface area contributed by atoms with E-state index in [-0.39, 0.29) is 23.4 Å². The Morgan fingerprint density at radius 1 is 1.55 bits per heavy atom. The molecule has 8 heteroatoms. The van der Waals surface area contributed by atoms with Gasteiger partial charge in [0.2, 0.25) is 0 Å². The minimum absolute atomic E-state index is 0.0303. The summed E-state index contributed by atoms with van der Waals surface area (Å²) in [7, 11) is -3.01. The fourth-order valence-electron chi connectivity index (χ4n) is 2.37. The average molecular weight is 318 g/mol. The maximum absolute atomic E-state index is 11.6. The normalized spacial score (nSPS) is 22.8. The molecule has 0 saturated carbocycles. The lowest BCUT2D eigenvalue weighted by atomic mass is 10.1. The van der Waals surface area contributed by atoms with Gasteiger partial charge in [-0.2, -0.15) is 0 Å². The topological polar surface area (TPSA) is 96.0 Å². The summed E-state index contributed by atoms with van der Waals surface area (Å²) in [5.74, 6) is 0.131. The number of sulfone groups is 1. The molecule has 0 spiro atoms. The van der Waals surface area contributed by atoms with Crippen LogP contribution in [0.2, 0.25) is 5.02 Å². The SMILES string of the molecule is CC1CS(=O)(=O)CCN1c1cc(Cl)ccc1/C(N)=N/O. The molecule has 20 heavy (non-hydrogen) atoms. The van der Waals surface area contributed by atoms with E-state index in [1.807, 2.05) is 11.8 Å². The van der Waals surface area contributed by atoms with E-state index in [4.69, 9.17) is 22.5 Å². The van der Waals surface area contributed by atoms with E-state index in [0.29, 0.717) is 22.8 Å². The van der Waals surface area contributed by atoms with Gasteiger partial charge in [-0.15, -0.1) is 0 Å². The highest BCUT2D eigenvalue weighted by atomic mass is 35.5.